The van der Waals surface area contributed by atoms with Crippen LogP contribution >= 0.6 is 0 Å². The fraction of sp³-hybridized carbons (Fsp3) is 0.750. The molecule has 2 aliphatic rings. The zero-order chi connectivity index (χ0) is 34.6. The van der Waals surface area contributed by atoms with E-state index in [0.29, 0.717) is 36.0 Å². The second kappa shape index (κ2) is 18.0. The summed E-state index contributed by atoms with van der Waals surface area (Å²) in [6.45, 7) is 8.82. The molecule has 0 aromatic heterocycles. The Hall–Kier alpha value is -2.89. The Labute approximate surface area is 282 Å². The van der Waals surface area contributed by atoms with Gasteiger partial charge in [0.1, 0.15) is 12.6 Å². The van der Waals surface area contributed by atoms with Gasteiger partial charge in [-0.25, -0.2) is 0 Å². The van der Waals surface area contributed by atoms with Gasteiger partial charge in [0.25, 0.3) is 0 Å². The zero-order valence-corrected chi connectivity index (χ0v) is 30.1. The number of ether oxygens (including phenoxy) is 5. The third-order valence-corrected chi connectivity index (χ3v) is 8.57. The number of hydrogen-bond acceptors (Lipinski definition) is 9. The highest BCUT2D eigenvalue weighted by Gasteiger charge is 2.36. The van der Waals surface area contributed by atoms with Gasteiger partial charge < -0.3 is 33.5 Å². The summed E-state index contributed by atoms with van der Waals surface area (Å²) >= 11 is 0. The van der Waals surface area contributed by atoms with E-state index in [2.05, 4.69) is 10.2 Å². The number of esters is 2. The maximum atomic E-state index is 12.7. The average molecular weight is 663 g/mol. The molecule has 1 aromatic carbocycles. The van der Waals surface area contributed by atoms with Gasteiger partial charge in [0.05, 0.1) is 67.3 Å². The largest absolute Gasteiger partial charge is 0.493 e. The van der Waals surface area contributed by atoms with Crippen LogP contribution in [0.3, 0.4) is 0 Å². The van der Waals surface area contributed by atoms with E-state index in [4.69, 9.17) is 23.7 Å². The molecule has 1 amide bonds. The van der Waals surface area contributed by atoms with E-state index in [1.807, 2.05) is 60.1 Å². The number of rotatable bonds is 17. The Morgan fingerprint density at radius 1 is 1.00 bits per heavy atom. The summed E-state index contributed by atoms with van der Waals surface area (Å²) in [7, 11) is 9.25. The quantitative estimate of drug-likeness (QED) is 0.194. The summed E-state index contributed by atoms with van der Waals surface area (Å²) in [5, 5.41) is 2.81. The van der Waals surface area contributed by atoms with Crippen molar-refractivity contribution in [3.05, 3.63) is 23.8 Å². The summed E-state index contributed by atoms with van der Waals surface area (Å²) in [6, 6.07) is 6.28. The first-order valence-electron chi connectivity index (χ1n) is 17.2. The number of likely N-dealkylation sites (tertiary alicyclic amines) is 1. The summed E-state index contributed by atoms with van der Waals surface area (Å²) < 4.78 is 29.3. The Morgan fingerprint density at radius 3 is 2.40 bits per heavy atom. The predicted octanol–water partition coefficient (Wildman–Crippen LogP) is 4.14. The Kier molecular flexibility index (Phi) is 14.8. The molecule has 1 N–H and O–H groups in total. The van der Waals surface area contributed by atoms with Gasteiger partial charge in [-0.3, -0.25) is 19.3 Å². The molecule has 3 rings (SSSR count). The number of likely N-dealkylation sites (N-methyl/N-ethyl adjacent to an activating group) is 1. The molecule has 2 fully saturated rings. The van der Waals surface area contributed by atoms with E-state index in [-0.39, 0.29) is 61.3 Å². The molecule has 11 heteroatoms. The van der Waals surface area contributed by atoms with E-state index < -0.39 is 6.10 Å². The second-order valence-electron chi connectivity index (χ2n) is 15.2. The van der Waals surface area contributed by atoms with Crippen molar-refractivity contribution in [2.75, 3.05) is 68.1 Å². The highest BCUT2D eigenvalue weighted by Crippen LogP contribution is 2.30. The van der Waals surface area contributed by atoms with Crippen molar-refractivity contribution in [1.82, 2.24) is 10.2 Å². The lowest BCUT2D eigenvalue weighted by molar-refractivity contribution is -0.873. The van der Waals surface area contributed by atoms with Crippen molar-refractivity contribution >= 4 is 17.8 Å². The molecule has 1 aliphatic heterocycles. The lowest BCUT2D eigenvalue weighted by Gasteiger charge is -2.37. The van der Waals surface area contributed by atoms with Crippen LogP contribution < -0.4 is 14.8 Å². The molecule has 11 nitrogen and oxygen atoms in total. The van der Waals surface area contributed by atoms with Crippen LogP contribution in [0.1, 0.15) is 77.7 Å². The molecule has 1 saturated carbocycles. The van der Waals surface area contributed by atoms with Gasteiger partial charge in [-0.2, -0.15) is 0 Å². The Bertz CT molecular complexity index is 1160. The topological polar surface area (TPSA) is 113 Å². The first kappa shape index (κ1) is 38.6. The molecular weight excluding hydrogens is 602 g/mol. The molecule has 1 aromatic rings. The van der Waals surface area contributed by atoms with Crippen LogP contribution in [-0.4, -0.2) is 120 Å². The Morgan fingerprint density at radius 2 is 1.72 bits per heavy atom. The van der Waals surface area contributed by atoms with E-state index >= 15 is 0 Å². The van der Waals surface area contributed by atoms with Crippen LogP contribution in [-0.2, 0) is 35.0 Å². The van der Waals surface area contributed by atoms with Gasteiger partial charge in [-0.05, 0) is 48.8 Å². The normalized spacial score (nSPS) is 21.1. The molecule has 1 heterocycles. The summed E-state index contributed by atoms with van der Waals surface area (Å²) in [5.41, 5.74) is 0.944. The fourth-order valence-electron chi connectivity index (χ4n) is 6.45. The van der Waals surface area contributed by atoms with Gasteiger partial charge in [-0.15, -0.1) is 0 Å². The van der Waals surface area contributed by atoms with Crippen molar-refractivity contribution < 1.29 is 42.6 Å². The number of methoxy groups -OCH3 is 2. The minimum absolute atomic E-state index is 0.0525. The third-order valence-electron chi connectivity index (χ3n) is 8.57. The fourth-order valence-corrected chi connectivity index (χ4v) is 6.45. The smallest absolute Gasteiger partial charge is 0.307 e. The number of nitrogens with one attached hydrogen (secondary N) is 1. The van der Waals surface area contributed by atoms with Crippen molar-refractivity contribution in [1.29, 1.82) is 0 Å². The van der Waals surface area contributed by atoms with Gasteiger partial charge in [0, 0.05) is 25.7 Å². The zero-order valence-electron chi connectivity index (χ0n) is 30.1. The molecule has 266 valence electrons. The minimum Gasteiger partial charge on any atom is -0.493 e. The number of amides is 1. The molecule has 0 bridgehead atoms. The monoisotopic (exact) mass is 662 g/mol. The predicted molar refractivity (Wildman–Crippen MR) is 180 cm³/mol. The van der Waals surface area contributed by atoms with Gasteiger partial charge >= 0.3 is 11.9 Å². The van der Waals surface area contributed by atoms with Crippen molar-refractivity contribution in [2.24, 2.45) is 5.41 Å². The number of carbonyl (C=O) groups is 3. The SMILES string of the molecule is COc1ccc(CCO[C@@H]2CCCC[C@H]2N2CC[C@@H](OC(=O)CCNC(=O)CC(C[N+](C)(C)C)OC(=O)CC(C)(C)C)C2)cc1OC. The number of carbonyl (C=O) groups excluding carboxylic acids is 3. The van der Waals surface area contributed by atoms with Crippen LogP contribution in [0.5, 0.6) is 11.5 Å². The van der Waals surface area contributed by atoms with E-state index in [1.54, 1.807) is 14.2 Å². The van der Waals surface area contributed by atoms with Crippen LogP contribution in [0.4, 0.5) is 0 Å². The van der Waals surface area contributed by atoms with E-state index in [1.165, 1.54) is 6.42 Å². The molecule has 0 spiro atoms. The Balaban J connectivity index is 1.40. The molecule has 1 saturated heterocycles. The minimum atomic E-state index is -0.542. The van der Waals surface area contributed by atoms with Crippen molar-refractivity contribution in [3.63, 3.8) is 0 Å². The standard InChI is InChI=1S/C36H59N3O8/c1-36(2,3)23-35(42)47-28(25-39(4,5)6)22-33(40)37-18-15-34(41)46-27-16-19-38(24-27)29-11-9-10-12-30(29)45-20-17-26-13-14-31(43-7)32(21-26)44-8/h13-14,21,27-30H,9-12,15-20,22-25H2,1-8H3/p+1/t27-,28?,29-,30-/m1/s1. The van der Waals surface area contributed by atoms with Gasteiger partial charge in [-0.1, -0.05) is 39.7 Å². The number of benzene rings is 1. The second-order valence-corrected chi connectivity index (χ2v) is 15.2. The number of quaternary nitrogens is 1. The lowest BCUT2D eigenvalue weighted by Crippen LogP contribution is -2.46. The highest BCUT2D eigenvalue weighted by atomic mass is 16.5. The average Bonchev–Trinajstić information content (AvgIpc) is 3.43. The third kappa shape index (κ3) is 14.0. The first-order chi connectivity index (χ1) is 22.2. The van der Waals surface area contributed by atoms with Crippen LogP contribution in [0.25, 0.3) is 0 Å². The maximum Gasteiger partial charge on any atom is 0.307 e. The van der Waals surface area contributed by atoms with E-state index in [0.717, 1.165) is 50.0 Å². The number of nitrogens with zero attached hydrogens (tertiary/aromatic N) is 2. The summed E-state index contributed by atoms with van der Waals surface area (Å²) in [6.07, 6.45) is 5.90. The molecule has 0 radical (unpaired) electrons. The molecule has 47 heavy (non-hydrogen) atoms. The highest BCUT2D eigenvalue weighted by molar-refractivity contribution is 5.78. The van der Waals surface area contributed by atoms with Crippen LogP contribution in [0, 0.1) is 5.41 Å². The van der Waals surface area contributed by atoms with Crippen molar-refractivity contribution in [3.8, 4) is 11.5 Å². The lowest BCUT2D eigenvalue weighted by atomic mass is 9.91. The molecule has 4 atom stereocenters. The summed E-state index contributed by atoms with van der Waals surface area (Å²) in [5.74, 6) is 0.566. The first-order valence-corrected chi connectivity index (χ1v) is 17.2. The van der Waals surface area contributed by atoms with E-state index in [9.17, 15) is 14.4 Å². The van der Waals surface area contributed by atoms with Crippen LogP contribution in [0.15, 0.2) is 18.2 Å². The molecular formula is C36H60N3O8+. The molecule has 1 unspecified atom stereocenters. The maximum absolute atomic E-state index is 12.7. The van der Waals surface area contributed by atoms with Gasteiger partial charge in [0.15, 0.2) is 17.6 Å². The van der Waals surface area contributed by atoms with Crippen LogP contribution in [0.2, 0.25) is 0 Å². The van der Waals surface area contributed by atoms with Crippen molar-refractivity contribution in [2.45, 2.75) is 103 Å². The molecule has 1 aliphatic carbocycles. The number of hydrogen-bond donors (Lipinski definition) is 1. The summed E-state index contributed by atoms with van der Waals surface area (Å²) in [4.78, 5) is 40.2. The van der Waals surface area contributed by atoms with Gasteiger partial charge in [0.2, 0.25) is 5.91 Å².